The summed E-state index contributed by atoms with van der Waals surface area (Å²) in [5.41, 5.74) is 2.07. The summed E-state index contributed by atoms with van der Waals surface area (Å²) in [6.07, 6.45) is 0.737. The highest BCUT2D eigenvalue weighted by atomic mass is 32.1. The van der Waals surface area contributed by atoms with Crippen molar-refractivity contribution in [2.24, 2.45) is 0 Å². The Morgan fingerprint density at radius 1 is 1.26 bits per heavy atom. The molecule has 27 heavy (non-hydrogen) atoms. The second-order valence-electron chi connectivity index (χ2n) is 6.49. The highest BCUT2D eigenvalue weighted by Crippen LogP contribution is 2.34. The number of carbonyl (C=O) groups excluding carboxylic acids is 2. The zero-order valence-electron chi connectivity index (χ0n) is 14.7. The van der Waals surface area contributed by atoms with E-state index < -0.39 is 0 Å². The molecule has 0 saturated carbocycles. The number of anilines is 2. The van der Waals surface area contributed by atoms with Crippen LogP contribution >= 0.6 is 22.7 Å². The summed E-state index contributed by atoms with van der Waals surface area (Å²) >= 11 is 2.89. The lowest BCUT2D eigenvalue weighted by Gasteiger charge is -2.16. The molecule has 0 radical (unpaired) electrons. The molecule has 0 aliphatic carbocycles. The molecule has 1 atom stereocenters. The molecule has 2 amide bonds. The summed E-state index contributed by atoms with van der Waals surface area (Å²) in [6, 6.07) is 11.8. The van der Waals surface area contributed by atoms with E-state index in [0.717, 1.165) is 21.1 Å². The van der Waals surface area contributed by atoms with E-state index in [4.69, 9.17) is 0 Å². The summed E-state index contributed by atoms with van der Waals surface area (Å²) in [7, 11) is 0. The maximum absolute atomic E-state index is 12.4. The minimum atomic E-state index is -0.107. The van der Waals surface area contributed by atoms with Gasteiger partial charge in [-0.25, -0.2) is 0 Å². The van der Waals surface area contributed by atoms with Crippen molar-refractivity contribution in [1.82, 2.24) is 10.2 Å². The van der Waals surface area contributed by atoms with Gasteiger partial charge in [-0.2, -0.15) is 0 Å². The number of nitrogens with one attached hydrogen (secondary N) is 1. The van der Waals surface area contributed by atoms with Crippen molar-refractivity contribution in [3.63, 3.8) is 0 Å². The Morgan fingerprint density at radius 3 is 2.81 bits per heavy atom. The first-order valence-electron chi connectivity index (χ1n) is 8.61. The maximum Gasteiger partial charge on any atom is 0.231 e. The van der Waals surface area contributed by atoms with E-state index in [1.54, 1.807) is 16.2 Å². The van der Waals surface area contributed by atoms with Crippen LogP contribution in [0.3, 0.4) is 0 Å². The monoisotopic (exact) mass is 398 g/mol. The Labute approximate surface area is 164 Å². The zero-order chi connectivity index (χ0) is 18.8. The first-order chi connectivity index (χ1) is 13.1. The third-order valence-electron chi connectivity index (χ3n) is 4.42. The lowest BCUT2D eigenvalue weighted by molar-refractivity contribution is -0.117. The fourth-order valence-electron chi connectivity index (χ4n) is 3.03. The van der Waals surface area contributed by atoms with E-state index in [2.05, 4.69) is 15.5 Å². The predicted octanol–water partition coefficient (Wildman–Crippen LogP) is 3.61. The van der Waals surface area contributed by atoms with Crippen molar-refractivity contribution in [2.45, 2.75) is 25.7 Å². The number of aryl methyl sites for hydroxylation is 1. The van der Waals surface area contributed by atoms with Gasteiger partial charge in [-0.1, -0.05) is 35.1 Å². The summed E-state index contributed by atoms with van der Waals surface area (Å²) in [4.78, 5) is 27.3. The largest absolute Gasteiger partial charge is 0.312 e. The van der Waals surface area contributed by atoms with Crippen molar-refractivity contribution in [2.75, 3.05) is 16.8 Å². The molecule has 1 aliphatic heterocycles. The minimum absolute atomic E-state index is 0.000693. The molecule has 3 aromatic rings. The first kappa shape index (κ1) is 17.8. The molecule has 1 aromatic carbocycles. The predicted molar refractivity (Wildman–Crippen MR) is 107 cm³/mol. The van der Waals surface area contributed by atoms with Crippen molar-refractivity contribution >= 4 is 45.3 Å². The standard InChI is InChI=1S/C19H18N4O2S2/c1-12-4-6-14(7-5-12)23-11-13(9-17(23)25)18-21-22-19(27-18)20-16(24)10-15-3-2-8-26-15/h2-8,13H,9-11H2,1H3,(H,20,22,24)/t13-/m0/s1. The van der Waals surface area contributed by atoms with Crippen LogP contribution in [0, 0.1) is 6.92 Å². The van der Waals surface area contributed by atoms with Crippen molar-refractivity contribution < 1.29 is 9.59 Å². The van der Waals surface area contributed by atoms with Crippen LogP contribution in [-0.4, -0.2) is 28.6 Å². The average Bonchev–Trinajstić information content (AvgIpc) is 3.37. The second kappa shape index (κ2) is 7.58. The molecule has 1 aliphatic rings. The van der Waals surface area contributed by atoms with Crippen LogP contribution in [-0.2, 0) is 16.0 Å². The molecule has 4 rings (SSSR count). The molecule has 8 heteroatoms. The summed E-state index contributed by atoms with van der Waals surface area (Å²) in [5, 5.41) is 14.3. The topological polar surface area (TPSA) is 75.2 Å². The van der Waals surface area contributed by atoms with Gasteiger partial charge >= 0.3 is 0 Å². The van der Waals surface area contributed by atoms with Gasteiger partial charge in [0.15, 0.2) is 0 Å². The fourth-order valence-corrected chi connectivity index (χ4v) is 4.59. The molecule has 6 nitrogen and oxygen atoms in total. The number of amides is 2. The quantitative estimate of drug-likeness (QED) is 0.712. The van der Waals surface area contributed by atoms with Gasteiger partial charge in [-0.3, -0.25) is 9.59 Å². The van der Waals surface area contributed by atoms with Crippen LogP contribution in [0.15, 0.2) is 41.8 Å². The number of benzene rings is 1. The van der Waals surface area contributed by atoms with Crippen LogP contribution in [0.1, 0.15) is 27.8 Å². The Morgan fingerprint density at radius 2 is 2.07 bits per heavy atom. The summed E-state index contributed by atoms with van der Waals surface area (Å²) in [6.45, 7) is 2.60. The van der Waals surface area contributed by atoms with Gasteiger partial charge in [-0.15, -0.1) is 21.5 Å². The summed E-state index contributed by atoms with van der Waals surface area (Å²) in [5.74, 6) is -0.0227. The zero-order valence-corrected chi connectivity index (χ0v) is 16.3. The van der Waals surface area contributed by atoms with E-state index in [1.165, 1.54) is 11.3 Å². The molecule has 1 N–H and O–H groups in total. The van der Waals surface area contributed by atoms with Gasteiger partial charge in [0.25, 0.3) is 0 Å². The number of carbonyl (C=O) groups is 2. The molecule has 0 unspecified atom stereocenters. The molecule has 3 heterocycles. The normalized spacial score (nSPS) is 16.7. The molecular formula is C19H18N4O2S2. The Bertz CT molecular complexity index is 951. The molecule has 0 bridgehead atoms. The van der Waals surface area contributed by atoms with E-state index in [9.17, 15) is 9.59 Å². The van der Waals surface area contributed by atoms with Gasteiger partial charge in [0, 0.05) is 29.4 Å². The number of hydrogen-bond acceptors (Lipinski definition) is 6. The fraction of sp³-hybridized carbons (Fsp3) is 0.263. The Kier molecular flexibility index (Phi) is 5.00. The lowest BCUT2D eigenvalue weighted by Crippen LogP contribution is -2.24. The van der Waals surface area contributed by atoms with Crippen molar-refractivity contribution in [3.05, 3.63) is 57.2 Å². The second-order valence-corrected chi connectivity index (χ2v) is 8.53. The summed E-state index contributed by atoms with van der Waals surface area (Å²) < 4.78 is 0. The van der Waals surface area contributed by atoms with Crippen LogP contribution in [0.2, 0.25) is 0 Å². The number of aromatic nitrogens is 2. The third-order valence-corrected chi connectivity index (χ3v) is 6.30. The number of nitrogens with zero attached hydrogens (tertiary/aromatic N) is 3. The lowest BCUT2D eigenvalue weighted by atomic mass is 10.1. The molecule has 0 spiro atoms. The third kappa shape index (κ3) is 4.06. The average molecular weight is 399 g/mol. The SMILES string of the molecule is Cc1ccc(N2C[C@@H](c3nnc(NC(=O)Cc4cccs4)s3)CC2=O)cc1. The maximum atomic E-state index is 12.4. The number of thiophene rings is 1. The molecule has 138 valence electrons. The highest BCUT2D eigenvalue weighted by Gasteiger charge is 2.33. The van der Waals surface area contributed by atoms with Crippen LogP contribution in [0.25, 0.3) is 0 Å². The van der Waals surface area contributed by atoms with Crippen molar-refractivity contribution in [1.29, 1.82) is 0 Å². The van der Waals surface area contributed by atoms with Gasteiger partial charge in [-0.05, 0) is 30.5 Å². The van der Waals surface area contributed by atoms with Gasteiger partial charge in [0.2, 0.25) is 16.9 Å². The molecular weight excluding hydrogens is 380 g/mol. The first-order valence-corrected chi connectivity index (χ1v) is 10.3. The number of rotatable bonds is 5. The van der Waals surface area contributed by atoms with E-state index in [1.807, 2.05) is 48.7 Å². The van der Waals surface area contributed by atoms with Gasteiger partial charge in [0.1, 0.15) is 5.01 Å². The van der Waals surface area contributed by atoms with E-state index in [0.29, 0.717) is 24.5 Å². The van der Waals surface area contributed by atoms with Gasteiger partial charge < -0.3 is 10.2 Å². The Hall–Kier alpha value is -2.58. The molecule has 1 fully saturated rings. The van der Waals surface area contributed by atoms with Crippen LogP contribution in [0.4, 0.5) is 10.8 Å². The van der Waals surface area contributed by atoms with Crippen molar-refractivity contribution in [3.8, 4) is 0 Å². The highest BCUT2D eigenvalue weighted by molar-refractivity contribution is 7.15. The smallest absolute Gasteiger partial charge is 0.231 e. The van der Waals surface area contributed by atoms with Crippen LogP contribution in [0.5, 0.6) is 0 Å². The van der Waals surface area contributed by atoms with E-state index >= 15 is 0 Å². The number of hydrogen-bond donors (Lipinski definition) is 1. The molecule has 2 aromatic heterocycles. The Balaban J connectivity index is 1.40. The van der Waals surface area contributed by atoms with E-state index in [-0.39, 0.29) is 17.7 Å². The van der Waals surface area contributed by atoms with Crippen LogP contribution < -0.4 is 10.2 Å². The minimum Gasteiger partial charge on any atom is -0.312 e. The molecule has 1 saturated heterocycles. The van der Waals surface area contributed by atoms with Gasteiger partial charge in [0.05, 0.1) is 6.42 Å².